The first kappa shape index (κ1) is 14.8. The van der Waals surface area contributed by atoms with Crippen molar-refractivity contribution in [3.63, 3.8) is 0 Å². The predicted molar refractivity (Wildman–Crippen MR) is 81.2 cm³/mol. The summed E-state index contributed by atoms with van der Waals surface area (Å²) < 4.78 is 1.84. The number of nitrogens with zero attached hydrogens (tertiary/aromatic N) is 3. The van der Waals surface area contributed by atoms with Crippen LogP contribution in [0.3, 0.4) is 0 Å². The lowest BCUT2D eigenvalue weighted by Crippen LogP contribution is -2.47. The van der Waals surface area contributed by atoms with Gasteiger partial charge in [-0.3, -0.25) is 4.40 Å². The standard InChI is InChI=1S/C15H21N5O2/c21-10-11-5-1-2-6-12(11)17-15(22)16-9-14-19-18-13-7-3-4-8-20(13)14/h3-4,7-8,11-12,21H,1-2,5-6,9-10H2,(H2,16,17,22). The highest BCUT2D eigenvalue weighted by Crippen LogP contribution is 2.23. The minimum absolute atomic E-state index is 0.0499. The van der Waals surface area contributed by atoms with Crippen molar-refractivity contribution in [3.05, 3.63) is 30.2 Å². The smallest absolute Gasteiger partial charge is 0.315 e. The minimum Gasteiger partial charge on any atom is -0.396 e. The van der Waals surface area contributed by atoms with Crippen molar-refractivity contribution >= 4 is 11.7 Å². The van der Waals surface area contributed by atoms with E-state index in [0.717, 1.165) is 31.3 Å². The Hall–Kier alpha value is -2.15. The van der Waals surface area contributed by atoms with Gasteiger partial charge in [0.05, 0.1) is 6.54 Å². The summed E-state index contributed by atoms with van der Waals surface area (Å²) in [6, 6.07) is 5.48. The number of fused-ring (bicyclic) bond motifs is 1. The molecule has 1 aliphatic carbocycles. The second-order valence-corrected chi connectivity index (χ2v) is 5.71. The van der Waals surface area contributed by atoms with Crippen LogP contribution in [-0.2, 0) is 6.54 Å². The highest BCUT2D eigenvalue weighted by atomic mass is 16.3. The quantitative estimate of drug-likeness (QED) is 0.788. The van der Waals surface area contributed by atoms with Gasteiger partial charge in [0.25, 0.3) is 0 Å². The maximum absolute atomic E-state index is 12.0. The van der Waals surface area contributed by atoms with Crippen LogP contribution in [0.5, 0.6) is 0 Å². The molecule has 0 saturated heterocycles. The van der Waals surface area contributed by atoms with E-state index in [9.17, 15) is 9.90 Å². The predicted octanol–water partition coefficient (Wildman–Crippen LogP) is 1.08. The number of aliphatic hydroxyl groups excluding tert-OH is 1. The molecule has 22 heavy (non-hydrogen) atoms. The summed E-state index contributed by atoms with van der Waals surface area (Å²) in [6.45, 7) is 0.438. The molecule has 2 atom stereocenters. The molecule has 0 spiro atoms. The summed E-state index contributed by atoms with van der Waals surface area (Å²) in [5, 5.41) is 23.3. The SMILES string of the molecule is O=C(NCc1nnc2ccccn12)NC1CCCCC1CO. The lowest BCUT2D eigenvalue weighted by Gasteiger charge is -2.30. The molecule has 2 heterocycles. The van der Waals surface area contributed by atoms with Crippen molar-refractivity contribution in [1.82, 2.24) is 25.2 Å². The molecule has 7 heteroatoms. The van der Waals surface area contributed by atoms with Gasteiger partial charge in [-0.05, 0) is 25.0 Å². The number of pyridine rings is 1. The number of aromatic nitrogens is 3. The van der Waals surface area contributed by atoms with E-state index < -0.39 is 0 Å². The zero-order valence-electron chi connectivity index (χ0n) is 12.4. The second kappa shape index (κ2) is 6.74. The summed E-state index contributed by atoms with van der Waals surface area (Å²) in [4.78, 5) is 12.0. The number of hydrogen-bond donors (Lipinski definition) is 3. The Balaban J connectivity index is 1.56. The molecule has 3 N–H and O–H groups in total. The van der Waals surface area contributed by atoms with E-state index in [1.54, 1.807) is 0 Å². The molecule has 118 valence electrons. The average molecular weight is 303 g/mol. The van der Waals surface area contributed by atoms with Crippen LogP contribution in [0.2, 0.25) is 0 Å². The van der Waals surface area contributed by atoms with Crippen LogP contribution in [0, 0.1) is 5.92 Å². The van der Waals surface area contributed by atoms with Crippen LogP contribution in [0.15, 0.2) is 24.4 Å². The number of nitrogens with one attached hydrogen (secondary N) is 2. The lowest BCUT2D eigenvalue weighted by atomic mass is 9.85. The number of carbonyl (C=O) groups excluding carboxylic acids is 1. The van der Waals surface area contributed by atoms with Crippen LogP contribution in [0.25, 0.3) is 5.65 Å². The van der Waals surface area contributed by atoms with E-state index >= 15 is 0 Å². The number of aliphatic hydroxyl groups is 1. The van der Waals surface area contributed by atoms with Gasteiger partial charge in [0, 0.05) is 24.8 Å². The van der Waals surface area contributed by atoms with Gasteiger partial charge in [0.15, 0.2) is 11.5 Å². The highest BCUT2D eigenvalue weighted by molar-refractivity contribution is 5.74. The molecule has 1 saturated carbocycles. The Morgan fingerprint density at radius 3 is 3.05 bits per heavy atom. The van der Waals surface area contributed by atoms with E-state index in [-0.39, 0.29) is 24.6 Å². The van der Waals surface area contributed by atoms with Gasteiger partial charge >= 0.3 is 6.03 Å². The molecule has 2 amide bonds. The highest BCUT2D eigenvalue weighted by Gasteiger charge is 2.25. The van der Waals surface area contributed by atoms with Crippen molar-refractivity contribution < 1.29 is 9.90 Å². The van der Waals surface area contributed by atoms with E-state index in [2.05, 4.69) is 20.8 Å². The Morgan fingerprint density at radius 2 is 2.18 bits per heavy atom. The molecule has 0 aromatic carbocycles. The molecular weight excluding hydrogens is 282 g/mol. The van der Waals surface area contributed by atoms with Gasteiger partial charge in [0.1, 0.15) is 0 Å². The molecule has 2 aromatic rings. The summed E-state index contributed by atoms with van der Waals surface area (Å²) in [5.41, 5.74) is 0.757. The number of amides is 2. The minimum atomic E-state index is -0.224. The van der Waals surface area contributed by atoms with E-state index in [4.69, 9.17) is 0 Å². The molecule has 1 aliphatic rings. The lowest BCUT2D eigenvalue weighted by molar-refractivity contribution is 0.153. The first-order chi connectivity index (χ1) is 10.8. The Kier molecular flexibility index (Phi) is 4.53. The van der Waals surface area contributed by atoms with Crippen LogP contribution in [0.4, 0.5) is 4.79 Å². The molecular formula is C15H21N5O2. The van der Waals surface area contributed by atoms with Gasteiger partial charge < -0.3 is 15.7 Å². The fourth-order valence-corrected chi connectivity index (χ4v) is 3.01. The number of carbonyl (C=O) groups is 1. The van der Waals surface area contributed by atoms with Crippen molar-refractivity contribution in [3.8, 4) is 0 Å². The Morgan fingerprint density at radius 1 is 1.32 bits per heavy atom. The van der Waals surface area contributed by atoms with Crippen LogP contribution < -0.4 is 10.6 Å². The van der Waals surface area contributed by atoms with E-state index in [1.807, 2.05) is 28.8 Å². The zero-order chi connectivity index (χ0) is 15.4. The second-order valence-electron chi connectivity index (χ2n) is 5.71. The van der Waals surface area contributed by atoms with Crippen molar-refractivity contribution in [1.29, 1.82) is 0 Å². The maximum atomic E-state index is 12.0. The van der Waals surface area contributed by atoms with Gasteiger partial charge in [-0.25, -0.2) is 4.79 Å². The monoisotopic (exact) mass is 303 g/mol. The fraction of sp³-hybridized carbons (Fsp3) is 0.533. The van der Waals surface area contributed by atoms with Crippen LogP contribution in [-0.4, -0.2) is 38.4 Å². The zero-order valence-corrected chi connectivity index (χ0v) is 12.4. The van der Waals surface area contributed by atoms with E-state index in [1.165, 1.54) is 0 Å². The van der Waals surface area contributed by atoms with Gasteiger partial charge in [0.2, 0.25) is 0 Å². The summed E-state index contributed by atoms with van der Waals surface area (Å²) in [7, 11) is 0. The third kappa shape index (κ3) is 3.19. The maximum Gasteiger partial charge on any atom is 0.315 e. The Bertz CT molecular complexity index is 642. The molecule has 2 aromatic heterocycles. The average Bonchev–Trinajstić information content (AvgIpc) is 2.97. The molecule has 0 bridgehead atoms. The van der Waals surface area contributed by atoms with Crippen molar-refractivity contribution in [2.75, 3.05) is 6.61 Å². The molecule has 0 aliphatic heterocycles. The van der Waals surface area contributed by atoms with E-state index in [0.29, 0.717) is 12.4 Å². The molecule has 3 rings (SSSR count). The van der Waals surface area contributed by atoms with Crippen LogP contribution >= 0.6 is 0 Å². The summed E-state index contributed by atoms with van der Waals surface area (Å²) in [5.74, 6) is 0.849. The number of rotatable bonds is 4. The van der Waals surface area contributed by atoms with Crippen molar-refractivity contribution in [2.45, 2.75) is 38.3 Å². The van der Waals surface area contributed by atoms with Gasteiger partial charge in [-0.2, -0.15) is 0 Å². The van der Waals surface area contributed by atoms with Crippen LogP contribution in [0.1, 0.15) is 31.5 Å². The largest absolute Gasteiger partial charge is 0.396 e. The topological polar surface area (TPSA) is 91.6 Å². The number of urea groups is 1. The van der Waals surface area contributed by atoms with Gasteiger partial charge in [-0.15, -0.1) is 10.2 Å². The molecule has 2 unspecified atom stereocenters. The first-order valence-corrected chi connectivity index (χ1v) is 7.72. The first-order valence-electron chi connectivity index (χ1n) is 7.72. The molecule has 1 fully saturated rings. The summed E-state index contributed by atoms with van der Waals surface area (Å²) in [6.07, 6.45) is 5.98. The third-order valence-corrected chi connectivity index (χ3v) is 4.25. The molecule has 7 nitrogen and oxygen atoms in total. The normalized spacial score (nSPS) is 21.7. The Labute approximate surface area is 128 Å². The summed E-state index contributed by atoms with van der Waals surface area (Å²) >= 11 is 0. The molecule has 0 radical (unpaired) electrons. The van der Waals surface area contributed by atoms with Crippen molar-refractivity contribution in [2.24, 2.45) is 5.92 Å². The third-order valence-electron chi connectivity index (χ3n) is 4.25. The van der Waals surface area contributed by atoms with Gasteiger partial charge in [-0.1, -0.05) is 18.9 Å². The fourth-order valence-electron chi connectivity index (χ4n) is 3.01. The number of hydrogen-bond acceptors (Lipinski definition) is 4.